The van der Waals surface area contributed by atoms with E-state index in [1.54, 1.807) is 6.07 Å². The van der Waals surface area contributed by atoms with Crippen LogP contribution in [0.5, 0.6) is 0 Å². The minimum Gasteiger partial charge on any atom is -0.423 e. The van der Waals surface area contributed by atoms with Crippen molar-refractivity contribution in [2.75, 3.05) is 31.1 Å². The molecule has 4 heterocycles. The maximum Gasteiger partial charge on any atom is 0.298 e. The number of pyridine rings is 1. The Kier molecular flexibility index (Phi) is 4.43. The summed E-state index contributed by atoms with van der Waals surface area (Å²) in [6.45, 7) is 3.18. The van der Waals surface area contributed by atoms with Crippen molar-refractivity contribution in [1.29, 1.82) is 0 Å². The van der Waals surface area contributed by atoms with Crippen LogP contribution in [0.2, 0.25) is 5.02 Å². The molecule has 0 bridgehead atoms. The summed E-state index contributed by atoms with van der Waals surface area (Å²) < 4.78 is 5.86. The van der Waals surface area contributed by atoms with Crippen LogP contribution in [-0.4, -0.2) is 47.0 Å². The highest BCUT2D eigenvalue weighted by atomic mass is 35.5. The van der Waals surface area contributed by atoms with Crippen molar-refractivity contribution >= 4 is 34.6 Å². The number of oxazole rings is 1. The summed E-state index contributed by atoms with van der Waals surface area (Å²) >= 11 is 6.02. The van der Waals surface area contributed by atoms with Gasteiger partial charge in [0.1, 0.15) is 5.52 Å². The number of likely N-dealkylation sites (tertiary alicyclic amines) is 1. The number of carbonyl (C=O) groups is 1. The Balaban J connectivity index is 1.17. The number of rotatable bonds is 3. The largest absolute Gasteiger partial charge is 0.423 e. The van der Waals surface area contributed by atoms with Gasteiger partial charge in [-0.3, -0.25) is 9.78 Å². The first-order chi connectivity index (χ1) is 13.7. The Bertz CT molecular complexity index is 992. The van der Waals surface area contributed by atoms with Crippen LogP contribution < -0.4 is 4.90 Å². The molecule has 2 fully saturated rings. The number of anilines is 1. The van der Waals surface area contributed by atoms with Crippen molar-refractivity contribution in [2.24, 2.45) is 5.92 Å². The molecular formula is C21H21ClN4O2. The van der Waals surface area contributed by atoms with Crippen LogP contribution in [0.15, 0.2) is 47.1 Å². The Labute approximate surface area is 168 Å². The minimum atomic E-state index is 0.0912. The fourth-order valence-corrected chi connectivity index (χ4v) is 4.26. The number of piperidine rings is 1. The molecule has 0 saturated carbocycles. The van der Waals surface area contributed by atoms with Gasteiger partial charge in [0.05, 0.1) is 0 Å². The molecule has 2 saturated heterocycles. The van der Waals surface area contributed by atoms with E-state index < -0.39 is 0 Å². The topological polar surface area (TPSA) is 62.5 Å². The van der Waals surface area contributed by atoms with Gasteiger partial charge in [0.25, 0.3) is 6.01 Å². The highest BCUT2D eigenvalue weighted by Gasteiger charge is 2.36. The maximum absolute atomic E-state index is 12.8. The fraction of sp³-hybridized carbons (Fsp3) is 0.381. The predicted molar refractivity (Wildman–Crippen MR) is 108 cm³/mol. The van der Waals surface area contributed by atoms with Crippen molar-refractivity contribution in [1.82, 2.24) is 14.9 Å². The standard InChI is InChI=1S/C21H21ClN4O2/c22-17-1-2-18-19(11-17)28-21(24-18)25-9-5-15(6-10-25)20(27)26-12-16(13-26)14-3-7-23-8-4-14/h1-4,7-8,11,15-16H,5-6,9-10,12-13H2. The van der Waals surface area contributed by atoms with Crippen molar-refractivity contribution in [2.45, 2.75) is 18.8 Å². The third-order valence-electron chi connectivity index (χ3n) is 5.82. The van der Waals surface area contributed by atoms with E-state index in [0.717, 1.165) is 44.5 Å². The first-order valence-corrected chi connectivity index (χ1v) is 10.0. The minimum absolute atomic E-state index is 0.0912. The van der Waals surface area contributed by atoms with Crippen LogP contribution >= 0.6 is 11.6 Å². The lowest BCUT2D eigenvalue weighted by Gasteiger charge is -2.42. The SMILES string of the molecule is O=C(C1CCN(c2nc3ccc(Cl)cc3o2)CC1)N1CC(c2ccncc2)C1. The Morgan fingerprint density at radius 3 is 2.61 bits per heavy atom. The molecule has 144 valence electrons. The molecule has 0 aliphatic carbocycles. The van der Waals surface area contributed by atoms with Crippen molar-refractivity contribution in [3.05, 3.63) is 53.3 Å². The second-order valence-electron chi connectivity index (χ2n) is 7.59. The van der Waals surface area contributed by atoms with E-state index in [4.69, 9.17) is 16.0 Å². The average molecular weight is 397 g/mol. The molecule has 0 N–H and O–H groups in total. The number of halogens is 1. The Morgan fingerprint density at radius 2 is 1.86 bits per heavy atom. The average Bonchev–Trinajstić information content (AvgIpc) is 3.11. The van der Waals surface area contributed by atoms with Crippen molar-refractivity contribution < 1.29 is 9.21 Å². The molecule has 3 aromatic rings. The molecule has 2 aromatic heterocycles. The van der Waals surface area contributed by atoms with E-state index in [1.165, 1.54) is 5.56 Å². The number of carbonyl (C=O) groups excluding carboxylic acids is 1. The van der Waals surface area contributed by atoms with Crippen LogP contribution in [0.3, 0.4) is 0 Å². The van der Waals surface area contributed by atoms with E-state index in [1.807, 2.05) is 41.6 Å². The van der Waals surface area contributed by atoms with Gasteiger partial charge in [-0.05, 0) is 42.7 Å². The highest BCUT2D eigenvalue weighted by molar-refractivity contribution is 6.31. The van der Waals surface area contributed by atoms with Gasteiger partial charge in [-0.2, -0.15) is 4.98 Å². The quantitative estimate of drug-likeness (QED) is 0.675. The van der Waals surface area contributed by atoms with Gasteiger partial charge in [-0.1, -0.05) is 11.6 Å². The smallest absolute Gasteiger partial charge is 0.298 e. The third kappa shape index (κ3) is 3.22. The molecule has 2 aliphatic heterocycles. The van der Waals surface area contributed by atoms with E-state index >= 15 is 0 Å². The van der Waals surface area contributed by atoms with Crippen molar-refractivity contribution in [3.8, 4) is 0 Å². The van der Waals surface area contributed by atoms with Gasteiger partial charge in [0.15, 0.2) is 5.58 Å². The van der Waals surface area contributed by atoms with Gasteiger partial charge in [0.2, 0.25) is 5.91 Å². The molecule has 2 aliphatic rings. The Hall–Kier alpha value is -2.60. The summed E-state index contributed by atoms with van der Waals surface area (Å²) in [6.07, 6.45) is 5.29. The number of benzene rings is 1. The monoisotopic (exact) mass is 396 g/mol. The molecular weight excluding hydrogens is 376 g/mol. The summed E-state index contributed by atoms with van der Waals surface area (Å²) in [5, 5.41) is 0.638. The molecule has 7 heteroatoms. The first kappa shape index (κ1) is 17.5. The number of aromatic nitrogens is 2. The molecule has 0 atom stereocenters. The van der Waals surface area contributed by atoms with E-state index in [-0.39, 0.29) is 11.8 Å². The molecule has 0 radical (unpaired) electrons. The predicted octanol–water partition coefficient (Wildman–Crippen LogP) is 3.72. The lowest BCUT2D eigenvalue weighted by molar-refractivity contribution is -0.140. The van der Waals surface area contributed by atoms with Crippen LogP contribution in [0, 0.1) is 5.92 Å². The lowest BCUT2D eigenvalue weighted by atomic mass is 9.88. The third-order valence-corrected chi connectivity index (χ3v) is 6.06. The summed E-state index contributed by atoms with van der Waals surface area (Å²) in [7, 11) is 0. The van der Waals surface area contributed by atoms with E-state index in [2.05, 4.69) is 14.9 Å². The van der Waals surface area contributed by atoms with E-state index in [0.29, 0.717) is 22.5 Å². The number of fused-ring (bicyclic) bond motifs is 1. The van der Waals surface area contributed by atoms with Gasteiger partial charge in [-0.15, -0.1) is 0 Å². The zero-order chi connectivity index (χ0) is 19.1. The highest BCUT2D eigenvalue weighted by Crippen LogP contribution is 2.32. The number of hydrogen-bond acceptors (Lipinski definition) is 5. The fourth-order valence-electron chi connectivity index (χ4n) is 4.10. The molecule has 6 nitrogen and oxygen atoms in total. The van der Waals surface area contributed by atoms with Crippen LogP contribution in [0.25, 0.3) is 11.1 Å². The summed E-state index contributed by atoms with van der Waals surface area (Å²) in [5.74, 6) is 0.821. The Morgan fingerprint density at radius 1 is 1.11 bits per heavy atom. The summed E-state index contributed by atoms with van der Waals surface area (Å²) in [5.41, 5.74) is 2.77. The first-order valence-electron chi connectivity index (χ1n) is 9.67. The molecule has 5 rings (SSSR count). The van der Waals surface area contributed by atoms with E-state index in [9.17, 15) is 4.79 Å². The number of amides is 1. The van der Waals surface area contributed by atoms with Crippen LogP contribution in [-0.2, 0) is 4.79 Å². The summed E-state index contributed by atoms with van der Waals surface area (Å²) in [6, 6.07) is 10.2. The van der Waals surface area contributed by atoms with Crippen LogP contribution in [0.1, 0.15) is 24.3 Å². The lowest BCUT2D eigenvalue weighted by Crippen LogP contribution is -2.52. The molecule has 1 aromatic carbocycles. The summed E-state index contributed by atoms with van der Waals surface area (Å²) in [4.78, 5) is 25.5. The van der Waals surface area contributed by atoms with Crippen LogP contribution in [0.4, 0.5) is 6.01 Å². The number of hydrogen-bond donors (Lipinski definition) is 0. The molecule has 1 amide bonds. The zero-order valence-corrected chi connectivity index (χ0v) is 16.2. The second-order valence-corrected chi connectivity index (χ2v) is 8.03. The molecule has 28 heavy (non-hydrogen) atoms. The van der Waals surface area contributed by atoms with Gasteiger partial charge < -0.3 is 14.2 Å². The molecule has 0 unspecified atom stereocenters. The van der Waals surface area contributed by atoms with Crippen molar-refractivity contribution in [3.63, 3.8) is 0 Å². The van der Waals surface area contributed by atoms with Gasteiger partial charge in [0, 0.05) is 61.5 Å². The normalized spacial score (nSPS) is 18.5. The van der Waals surface area contributed by atoms with Gasteiger partial charge in [-0.25, -0.2) is 0 Å². The van der Waals surface area contributed by atoms with Gasteiger partial charge >= 0.3 is 0 Å². The number of nitrogens with zero attached hydrogens (tertiary/aromatic N) is 4. The maximum atomic E-state index is 12.8. The molecule has 0 spiro atoms. The zero-order valence-electron chi connectivity index (χ0n) is 15.4. The second kappa shape index (κ2) is 7.09.